The van der Waals surface area contributed by atoms with Crippen molar-refractivity contribution in [1.29, 1.82) is 5.26 Å². The van der Waals surface area contributed by atoms with Gasteiger partial charge in [0.25, 0.3) is 0 Å². The number of benzene rings is 1. The normalized spacial score (nSPS) is 9.25. The molecule has 1 aromatic rings. The summed E-state index contributed by atoms with van der Waals surface area (Å²) in [5, 5.41) is 8.48. The molecular formula is C12H11FN2O. The van der Waals surface area contributed by atoms with Crippen molar-refractivity contribution in [2.24, 2.45) is 0 Å². The van der Waals surface area contributed by atoms with Gasteiger partial charge in [-0.25, -0.2) is 4.39 Å². The molecule has 82 valence electrons. The first-order chi connectivity index (χ1) is 7.70. The molecule has 1 aromatic carbocycles. The zero-order valence-corrected chi connectivity index (χ0v) is 8.69. The highest BCUT2D eigenvalue weighted by atomic mass is 19.1. The number of nitrogens with zero attached hydrogens (tertiary/aromatic N) is 2. The Morgan fingerprint density at radius 3 is 2.81 bits per heavy atom. The maximum atomic E-state index is 13.5. The van der Waals surface area contributed by atoms with E-state index >= 15 is 0 Å². The van der Waals surface area contributed by atoms with Gasteiger partial charge in [0, 0.05) is 6.54 Å². The van der Waals surface area contributed by atoms with Crippen molar-refractivity contribution in [3.05, 3.63) is 42.7 Å². The lowest BCUT2D eigenvalue weighted by Crippen LogP contribution is -2.30. The van der Waals surface area contributed by atoms with Crippen LogP contribution in [0.25, 0.3) is 0 Å². The Hall–Kier alpha value is -2.15. The molecular weight excluding hydrogens is 207 g/mol. The molecule has 0 fully saturated rings. The van der Waals surface area contributed by atoms with Crippen LogP contribution < -0.4 is 4.90 Å². The van der Waals surface area contributed by atoms with Crippen molar-refractivity contribution >= 4 is 11.6 Å². The number of nitriles is 1. The first-order valence-electron chi connectivity index (χ1n) is 4.76. The smallest absolute Gasteiger partial charge is 0.250 e. The quantitative estimate of drug-likeness (QED) is 0.727. The number of amides is 1. The van der Waals surface area contributed by atoms with Crippen LogP contribution in [0.5, 0.6) is 0 Å². The van der Waals surface area contributed by atoms with Crippen LogP contribution in [0, 0.1) is 17.1 Å². The third-order valence-corrected chi connectivity index (χ3v) is 2.03. The number of carbonyl (C=O) groups is 1. The van der Waals surface area contributed by atoms with E-state index in [9.17, 15) is 9.18 Å². The SMILES string of the molecule is C=CC(=O)N(CCC#N)c1ccccc1F. The fraction of sp³-hybridized carbons (Fsp3) is 0.167. The van der Waals surface area contributed by atoms with Crippen LogP contribution in [0.15, 0.2) is 36.9 Å². The Kier molecular flexibility index (Phi) is 4.22. The standard InChI is InChI=1S/C12H11FN2O/c1-2-12(16)15(9-5-8-14)11-7-4-3-6-10(11)13/h2-4,6-7H,1,5,9H2. The molecule has 0 aromatic heterocycles. The van der Waals surface area contributed by atoms with E-state index < -0.39 is 11.7 Å². The molecule has 0 aliphatic rings. The Bertz CT molecular complexity index is 437. The highest BCUT2D eigenvalue weighted by Gasteiger charge is 2.15. The van der Waals surface area contributed by atoms with Crippen molar-refractivity contribution < 1.29 is 9.18 Å². The van der Waals surface area contributed by atoms with Gasteiger partial charge < -0.3 is 4.90 Å². The van der Waals surface area contributed by atoms with E-state index in [1.54, 1.807) is 12.1 Å². The molecule has 0 aliphatic heterocycles. The summed E-state index contributed by atoms with van der Waals surface area (Å²) in [7, 11) is 0. The summed E-state index contributed by atoms with van der Waals surface area (Å²) >= 11 is 0. The number of halogens is 1. The molecule has 0 spiro atoms. The average molecular weight is 218 g/mol. The van der Waals surface area contributed by atoms with Crippen molar-refractivity contribution in [2.45, 2.75) is 6.42 Å². The second kappa shape index (κ2) is 5.66. The van der Waals surface area contributed by atoms with E-state index in [-0.39, 0.29) is 18.7 Å². The molecule has 1 amide bonds. The summed E-state index contributed by atoms with van der Waals surface area (Å²) in [5.41, 5.74) is 0.169. The lowest BCUT2D eigenvalue weighted by molar-refractivity contribution is -0.114. The Labute approximate surface area is 93.4 Å². The fourth-order valence-electron chi connectivity index (χ4n) is 1.29. The molecule has 16 heavy (non-hydrogen) atoms. The predicted octanol–water partition coefficient (Wildman–Crippen LogP) is 2.26. The number of carbonyl (C=O) groups excluding carboxylic acids is 1. The molecule has 0 saturated carbocycles. The van der Waals surface area contributed by atoms with E-state index in [0.717, 1.165) is 6.08 Å². The Balaban J connectivity index is 3.01. The third kappa shape index (κ3) is 2.67. The monoisotopic (exact) mass is 218 g/mol. The van der Waals surface area contributed by atoms with Gasteiger partial charge in [0.2, 0.25) is 5.91 Å². The topological polar surface area (TPSA) is 44.1 Å². The zero-order chi connectivity index (χ0) is 12.0. The summed E-state index contributed by atoms with van der Waals surface area (Å²) in [6.07, 6.45) is 1.25. The first kappa shape index (κ1) is 11.9. The summed E-state index contributed by atoms with van der Waals surface area (Å²) in [6, 6.07) is 7.85. The van der Waals surface area contributed by atoms with Gasteiger partial charge in [0.05, 0.1) is 18.2 Å². The number of para-hydroxylation sites is 1. The van der Waals surface area contributed by atoms with Gasteiger partial charge in [0.1, 0.15) is 5.82 Å². The van der Waals surface area contributed by atoms with Crippen molar-refractivity contribution in [1.82, 2.24) is 0 Å². The number of hydrogen-bond donors (Lipinski definition) is 0. The summed E-state index contributed by atoms with van der Waals surface area (Å²) in [5.74, 6) is -0.906. The molecule has 0 N–H and O–H groups in total. The molecule has 0 aliphatic carbocycles. The van der Waals surface area contributed by atoms with Crippen molar-refractivity contribution in [3.63, 3.8) is 0 Å². The van der Waals surface area contributed by atoms with Gasteiger partial charge in [-0.1, -0.05) is 18.7 Å². The second-order valence-corrected chi connectivity index (χ2v) is 3.05. The van der Waals surface area contributed by atoms with Crippen LogP contribution >= 0.6 is 0 Å². The second-order valence-electron chi connectivity index (χ2n) is 3.05. The molecule has 0 heterocycles. The van der Waals surface area contributed by atoms with Crippen LogP contribution in [-0.2, 0) is 4.79 Å². The van der Waals surface area contributed by atoms with Crippen LogP contribution in [-0.4, -0.2) is 12.5 Å². The van der Waals surface area contributed by atoms with E-state index in [4.69, 9.17) is 5.26 Å². The number of rotatable bonds is 4. The van der Waals surface area contributed by atoms with Crippen LogP contribution in [0.1, 0.15) is 6.42 Å². The van der Waals surface area contributed by atoms with Crippen LogP contribution in [0.4, 0.5) is 10.1 Å². The third-order valence-electron chi connectivity index (χ3n) is 2.03. The minimum absolute atomic E-state index is 0.147. The first-order valence-corrected chi connectivity index (χ1v) is 4.76. The summed E-state index contributed by atoms with van der Waals surface area (Å²) in [4.78, 5) is 12.7. The van der Waals surface area contributed by atoms with Gasteiger partial charge in [-0.3, -0.25) is 4.79 Å². The fourth-order valence-corrected chi connectivity index (χ4v) is 1.29. The molecule has 4 heteroatoms. The lowest BCUT2D eigenvalue weighted by atomic mass is 10.2. The van der Waals surface area contributed by atoms with Gasteiger partial charge in [-0.2, -0.15) is 5.26 Å². The van der Waals surface area contributed by atoms with Gasteiger partial charge >= 0.3 is 0 Å². The largest absolute Gasteiger partial charge is 0.305 e. The molecule has 3 nitrogen and oxygen atoms in total. The Morgan fingerprint density at radius 1 is 1.56 bits per heavy atom. The molecule has 1 rings (SSSR count). The molecule has 0 radical (unpaired) electrons. The Morgan fingerprint density at radius 2 is 2.25 bits per heavy atom. The minimum Gasteiger partial charge on any atom is -0.305 e. The molecule has 0 bridgehead atoms. The van der Waals surface area contributed by atoms with E-state index in [2.05, 4.69) is 6.58 Å². The summed E-state index contributed by atoms with van der Waals surface area (Å²) < 4.78 is 13.5. The van der Waals surface area contributed by atoms with Gasteiger partial charge in [-0.05, 0) is 18.2 Å². The van der Waals surface area contributed by atoms with Crippen LogP contribution in [0.2, 0.25) is 0 Å². The average Bonchev–Trinajstić information content (AvgIpc) is 2.31. The predicted molar refractivity (Wildman–Crippen MR) is 59.2 cm³/mol. The maximum absolute atomic E-state index is 13.5. The molecule has 0 atom stereocenters. The zero-order valence-electron chi connectivity index (χ0n) is 8.69. The maximum Gasteiger partial charge on any atom is 0.250 e. The van der Waals surface area contributed by atoms with Crippen molar-refractivity contribution in [3.8, 4) is 6.07 Å². The molecule has 0 saturated heterocycles. The van der Waals surface area contributed by atoms with Gasteiger partial charge in [-0.15, -0.1) is 0 Å². The van der Waals surface area contributed by atoms with Crippen LogP contribution in [0.3, 0.4) is 0 Å². The minimum atomic E-state index is -0.490. The van der Waals surface area contributed by atoms with Crippen molar-refractivity contribution in [2.75, 3.05) is 11.4 Å². The highest BCUT2D eigenvalue weighted by Crippen LogP contribution is 2.19. The van der Waals surface area contributed by atoms with Gasteiger partial charge in [0.15, 0.2) is 0 Å². The highest BCUT2D eigenvalue weighted by molar-refractivity contribution is 6.01. The number of anilines is 1. The van der Waals surface area contributed by atoms with E-state index in [1.807, 2.05) is 6.07 Å². The van der Waals surface area contributed by atoms with E-state index in [1.165, 1.54) is 17.0 Å². The van der Waals surface area contributed by atoms with E-state index in [0.29, 0.717) is 0 Å². The lowest BCUT2D eigenvalue weighted by Gasteiger charge is -2.20. The summed E-state index contributed by atoms with van der Waals surface area (Å²) in [6.45, 7) is 3.50. The number of hydrogen-bond acceptors (Lipinski definition) is 2. The molecule has 0 unspecified atom stereocenters.